The van der Waals surface area contributed by atoms with Crippen molar-refractivity contribution in [1.29, 1.82) is 0 Å². The molecule has 0 aliphatic rings. The molecule has 0 amide bonds. The summed E-state index contributed by atoms with van der Waals surface area (Å²) >= 11 is 0. The molecule has 2 heteroatoms. The van der Waals surface area contributed by atoms with Crippen molar-refractivity contribution < 1.29 is 10.2 Å². The zero-order chi connectivity index (χ0) is 14.3. The van der Waals surface area contributed by atoms with Gasteiger partial charge < -0.3 is 10.2 Å². The Morgan fingerprint density at radius 2 is 1.21 bits per heavy atom. The summed E-state index contributed by atoms with van der Waals surface area (Å²) in [5, 5.41) is 18.7. The predicted octanol–water partition coefficient (Wildman–Crippen LogP) is 3.54. The van der Waals surface area contributed by atoms with Crippen LogP contribution in [0, 0.1) is 13.8 Å². The van der Waals surface area contributed by atoms with E-state index in [1.54, 1.807) is 31.2 Å². The van der Waals surface area contributed by atoms with Crippen LogP contribution in [0.1, 0.15) is 30.0 Å². The largest absolute Gasteiger partial charge is 0.362 e. The molecule has 0 heterocycles. The normalized spacial score (nSPS) is 10.6. The first-order valence-electron chi connectivity index (χ1n) is 6.50. The van der Waals surface area contributed by atoms with Gasteiger partial charge in [0.05, 0.1) is 0 Å². The van der Waals surface area contributed by atoms with Crippen molar-refractivity contribution in [3.63, 3.8) is 0 Å². The minimum absolute atomic E-state index is 0.303. The lowest BCUT2D eigenvalue weighted by atomic mass is 10.0. The second kappa shape index (κ2) is 7.07. The maximum absolute atomic E-state index is 9.35. The monoisotopic (exact) mass is 258 g/mol. The average molecular weight is 258 g/mol. The summed E-state index contributed by atoms with van der Waals surface area (Å²) in [6, 6.07) is 17.2. The Balaban J connectivity index is 0.000000200. The lowest BCUT2D eigenvalue weighted by Crippen LogP contribution is -2.23. The molecule has 0 saturated carbocycles. The Hall–Kier alpha value is -1.64. The van der Waals surface area contributed by atoms with Crippen molar-refractivity contribution in [1.82, 2.24) is 0 Å². The first-order valence-corrected chi connectivity index (χ1v) is 6.50. The lowest BCUT2D eigenvalue weighted by Gasteiger charge is -2.19. The molecule has 19 heavy (non-hydrogen) atoms. The van der Waals surface area contributed by atoms with Gasteiger partial charge in [-0.25, -0.2) is 0 Å². The van der Waals surface area contributed by atoms with Crippen LogP contribution in [0.15, 0.2) is 54.6 Å². The second-order valence-electron chi connectivity index (χ2n) is 4.62. The Kier molecular flexibility index (Phi) is 5.74. The minimum atomic E-state index is -1.67. The SMILES string of the molecule is CCC(O)(O)c1ccccc1.Cc1ccccc1C. The molecule has 0 unspecified atom stereocenters. The number of rotatable bonds is 2. The van der Waals surface area contributed by atoms with Crippen LogP contribution in [0.2, 0.25) is 0 Å². The zero-order valence-electron chi connectivity index (χ0n) is 11.8. The third-order valence-electron chi connectivity index (χ3n) is 3.15. The molecule has 0 spiro atoms. The summed E-state index contributed by atoms with van der Waals surface area (Å²) in [4.78, 5) is 0. The van der Waals surface area contributed by atoms with Gasteiger partial charge in [0.25, 0.3) is 0 Å². The highest BCUT2D eigenvalue weighted by atomic mass is 16.5. The smallest absolute Gasteiger partial charge is 0.189 e. The van der Waals surface area contributed by atoms with E-state index in [2.05, 4.69) is 38.1 Å². The van der Waals surface area contributed by atoms with Crippen molar-refractivity contribution in [2.24, 2.45) is 0 Å². The van der Waals surface area contributed by atoms with Crippen LogP contribution in [0.5, 0.6) is 0 Å². The van der Waals surface area contributed by atoms with Gasteiger partial charge >= 0.3 is 0 Å². The first kappa shape index (κ1) is 15.4. The molecule has 0 fully saturated rings. The van der Waals surface area contributed by atoms with Gasteiger partial charge in [-0.05, 0) is 25.0 Å². The van der Waals surface area contributed by atoms with E-state index in [0.29, 0.717) is 12.0 Å². The van der Waals surface area contributed by atoms with E-state index in [1.165, 1.54) is 11.1 Å². The molecule has 2 aromatic rings. The third-order valence-corrected chi connectivity index (χ3v) is 3.15. The maximum Gasteiger partial charge on any atom is 0.189 e. The molecular weight excluding hydrogens is 236 g/mol. The summed E-state index contributed by atoms with van der Waals surface area (Å²) in [5.74, 6) is -1.67. The second-order valence-corrected chi connectivity index (χ2v) is 4.62. The van der Waals surface area contributed by atoms with Crippen molar-refractivity contribution in [3.05, 3.63) is 71.3 Å². The molecule has 0 aliphatic heterocycles. The Labute approximate surface area is 115 Å². The van der Waals surface area contributed by atoms with Crippen LogP contribution in [0.3, 0.4) is 0 Å². The fourth-order valence-electron chi connectivity index (χ4n) is 1.57. The molecule has 0 saturated heterocycles. The number of benzene rings is 2. The molecule has 2 nitrogen and oxygen atoms in total. The van der Waals surface area contributed by atoms with Gasteiger partial charge in [-0.15, -0.1) is 0 Å². The van der Waals surface area contributed by atoms with Gasteiger partial charge in [-0.2, -0.15) is 0 Å². The van der Waals surface area contributed by atoms with E-state index in [-0.39, 0.29) is 0 Å². The Bertz CT molecular complexity index is 469. The summed E-state index contributed by atoms with van der Waals surface area (Å²) in [6.07, 6.45) is 0.303. The van der Waals surface area contributed by atoms with Crippen LogP contribution in [-0.2, 0) is 5.79 Å². The van der Waals surface area contributed by atoms with Crippen LogP contribution in [0.25, 0.3) is 0 Å². The van der Waals surface area contributed by atoms with E-state index in [9.17, 15) is 10.2 Å². The van der Waals surface area contributed by atoms with Gasteiger partial charge in [0.2, 0.25) is 0 Å². The number of hydrogen-bond donors (Lipinski definition) is 2. The van der Waals surface area contributed by atoms with Gasteiger partial charge in [0, 0.05) is 12.0 Å². The average Bonchev–Trinajstić information content (AvgIpc) is 2.44. The maximum atomic E-state index is 9.35. The Morgan fingerprint density at radius 1 is 0.789 bits per heavy atom. The van der Waals surface area contributed by atoms with Crippen LogP contribution in [0.4, 0.5) is 0 Å². The van der Waals surface area contributed by atoms with E-state index < -0.39 is 5.79 Å². The fourth-order valence-corrected chi connectivity index (χ4v) is 1.57. The van der Waals surface area contributed by atoms with Crippen molar-refractivity contribution in [2.45, 2.75) is 33.0 Å². The third kappa shape index (κ3) is 4.86. The van der Waals surface area contributed by atoms with E-state index in [4.69, 9.17) is 0 Å². The van der Waals surface area contributed by atoms with Gasteiger partial charge in [0.15, 0.2) is 5.79 Å². The molecule has 0 aliphatic carbocycles. The summed E-state index contributed by atoms with van der Waals surface area (Å²) in [7, 11) is 0. The summed E-state index contributed by atoms with van der Waals surface area (Å²) in [6.45, 7) is 5.97. The van der Waals surface area contributed by atoms with Crippen LogP contribution in [-0.4, -0.2) is 10.2 Å². The molecule has 0 atom stereocenters. The molecule has 2 aromatic carbocycles. The molecule has 102 valence electrons. The molecule has 0 radical (unpaired) electrons. The topological polar surface area (TPSA) is 40.5 Å². The summed E-state index contributed by atoms with van der Waals surface area (Å²) in [5.41, 5.74) is 3.28. The standard InChI is InChI=1S/C9H12O2.C8H10/c1-2-9(10,11)8-6-4-3-5-7-8;1-7-5-3-4-6-8(7)2/h3-7,10-11H,2H2,1H3;3-6H,1-2H3. The Morgan fingerprint density at radius 3 is 1.58 bits per heavy atom. The molecule has 2 rings (SSSR count). The highest BCUT2D eigenvalue weighted by Gasteiger charge is 2.21. The number of aliphatic hydroxyl groups is 2. The number of hydrogen-bond acceptors (Lipinski definition) is 2. The van der Waals surface area contributed by atoms with E-state index in [1.807, 2.05) is 6.07 Å². The molecule has 0 aromatic heterocycles. The predicted molar refractivity (Wildman–Crippen MR) is 78.8 cm³/mol. The zero-order valence-corrected chi connectivity index (χ0v) is 11.8. The van der Waals surface area contributed by atoms with Crippen molar-refractivity contribution in [2.75, 3.05) is 0 Å². The van der Waals surface area contributed by atoms with Crippen molar-refractivity contribution in [3.8, 4) is 0 Å². The van der Waals surface area contributed by atoms with Gasteiger partial charge in [-0.3, -0.25) is 0 Å². The highest BCUT2D eigenvalue weighted by molar-refractivity contribution is 5.23. The fraction of sp³-hybridized carbons (Fsp3) is 0.294. The number of aryl methyl sites for hydroxylation is 2. The van der Waals surface area contributed by atoms with Crippen LogP contribution >= 0.6 is 0 Å². The first-order chi connectivity index (χ1) is 8.97. The molecule has 0 bridgehead atoms. The van der Waals surface area contributed by atoms with Crippen molar-refractivity contribution >= 4 is 0 Å². The lowest BCUT2D eigenvalue weighted by molar-refractivity contribution is -0.171. The minimum Gasteiger partial charge on any atom is -0.362 e. The van der Waals surface area contributed by atoms with Gasteiger partial charge in [-0.1, -0.05) is 61.5 Å². The highest BCUT2D eigenvalue weighted by Crippen LogP contribution is 2.20. The molecule has 2 N–H and O–H groups in total. The summed E-state index contributed by atoms with van der Waals surface area (Å²) < 4.78 is 0. The van der Waals surface area contributed by atoms with Crippen LogP contribution < -0.4 is 0 Å². The van der Waals surface area contributed by atoms with Gasteiger partial charge in [0.1, 0.15) is 0 Å². The van der Waals surface area contributed by atoms with E-state index in [0.717, 1.165) is 0 Å². The quantitative estimate of drug-likeness (QED) is 0.809. The van der Waals surface area contributed by atoms with E-state index >= 15 is 0 Å². The molecular formula is C17H22O2.